The fourth-order valence-electron chi connectivity index (χ4n) is 2.56. The lowest BCUT2D eigenvalue weighted by Crippen LogP contribution is -2.43. The maximum absolute atomic E-state index is 12.2. The summed E-state index contributed by atoms with van der Waals surface area (Å²) in [5, 5.41) is 7.73. The third-order valence-electron chi connectivity index (χ3n) is 3.55. The van der Waals surface area contributed by atoms with Gasteiger partial charge in [0, 0.05) is 19.6 Å². The van der Waals surface area contributed by atoms with E-state index < -0.39 is 11.6 Å². The Morgan fingerprint density at radius 1 is 1.39 bits per heavy atom. The van der Waals surface area contributed by atoms with Crippen LogP contribution in [-0.2, 0) is 16.0 Å². The highest BCUT2D eigenvalue weighted by molar-refractivity contribution is 5.86. The van der Waals surface area contributed by atoms with Gasteiger partial charge in [-0.25, -0.2) is 9.59 Å². The molecule has 0 bridgehead atoms. The van der Waals surface area contributed by atoms with Gasteiger partial charge in [0.05, 0.1) is 13.3 Å². The molecule has 1 fully saturated rings. The first-order valence-corrected chi connectivity index (χ1v) is 7.75. The molecule has 1 aliphatic rings. The molecule has 0 unspecified atom stereocenters. The Bertz CT molecular complexity index is 564. The Kier molecular flexibility index (Phi) is 5.23. The van der Waals surface area contributed by atoms with Crippen LogP contribution in [0.5, 0.6) is 0 Å². The maximum atomic E-state index is 12.2. The van der Waals surface area contributed by atoms with Gasteiger partial charge in [0.2, 0.25) is 0 Å². The van der Waals surface area contributed by atoms with Gasteiger partial charge in [-0.15, -0.1) is 5.10 Å². The zero-order valence-electron chi connectivity index (χ0n) is 14.1. The molecule has 1 aliphatic heterocycles. The van der Waals surface area contributed by atoms with Gasteiger partial charge in [-0.2, -0.15) is 0 Å². The number of hydrogen-bond donors (Lipinski definition) is 0. The van der Waals surface area contributed by atoms with Crippen LogP contribution >= 0.6 is 0 Å². The Morgan fingerprint density at radius 3 is 2.78 bits per heavy atom. The standard InChI is InChI=1S/C15H24N4O4/c1-15(2,3)23-14(21)18-7-5-6-11(8-18)9-19-10-12(16-17-19)13(20)22-4/h10-11H,5-9H2,1-4H3/t11-/m0/s1. The van der Waals surface area contributed by atoms with E-state index in [0.717, 1.165) is 12.8 Å². The van der Waals surface area contributed by atoms with Crippen molar-refractivity contribution in [1.29, 1.82) is 0 Å². The van der Waals surface area contributed by atoms with Crippen molar-refractivity contribution in [2.45, 2.75) is 45.8 Å². The molecule has 8 nitrogen and oxygen atoms in total. The predicted molar refractivity (Wildman–Crippen MR) is 81.9 cm³/mol. The van der Waals surface area contributed by atoms with E-state index in [1.165, 1.54) is 7.11 Å². The van der Waals surface area contributed by atoms with E-state index in [1.54, 1.807) is 15.8 Å². The van der Waals surface area contributed by atoms with Gasteiger partial charge in [-0.1, -0.05) is 5.21 Å². The third kappa shape index (κ3) is 4.94. The lowest BCUT2D eigenvalue weighted by molar-refractivity contribution is 0.0155. The smallest absolute Gasteiger partial charge is 0.410 e. The molecular weight excluding hydrogens is 300 g/mol. The molecule has 1 saturated heterocycles. The summed E-state index contributed by atoms with van der Waals surface area (Å²) in [6.45, 7) is 7.49. The second-order valence-corrected chi connectivity index (χ2v) is 6.75. The molecule has 0 aromatic carbocycles. The summed E-state index contributed by atoms with van der Waals surface area (Å²) in [5.74, 6) is -0.251. The van der Waals surface area contributed by atoms with Crippen LogP contribution in [0.25, 0.3) is 0 Å². The normalized spacial score (nSPS) is 18.6. The Hall–Kier alpha value is -2.12. The molecule has 2 rings (SSSR count). The molecular formula is C15H24N4O4. The van der Waals surface area contributed by atoms with Crippen molar-refractivity contribution in [2.24, 2.45) is 5.92 Å². The number of amides is 1. The highest BCUT2D eigenvalue weighted by atomic mass is 16.6. The van der Waals surface area contributed by atoms with Crippen LogP contribution in [0.3, 0.4) is 0 Å². The van der Waals surface area contributed by atoms with Gasteiger partial charge in [-0.3, -0.25) is 4.68 Å². The average molecular weight is 324 g/mol. The van der Waals surface area contributed by atoms with E-state index in [9.17, 15) is 9.59 Å². The number of carbonyl (C=O) groups excluding carboxylic acids is 2. The fourth-order valence-corrected chi connectivity index (χ4v) is 2.56. The Balaban J connectivity index is 1.92. The summed E-state index contributed by atoms with van der Waals surface area (Å²) < 4.78 is 11.6. The first-order valence-electron chi connectivity index (χ1n) is 7.75. The van der Waals surface area contributed by atoms with Gasteiger partial charge in [0.15, 0.2) is 5.69 Å². The SMILES string of the molecule is COC(=O)c1cn(C[C@H]2CCCN(C(=O)OC(C)(C)C)C2)nn1. The Morgan fingerprint density at radius 2 is 2.13 bits per heavy atom. The first-order chi connectivity index (χ1) is 10.8. The number of hydrogen-bond acceptors (Lipinski definition) is 6. The summed E-state index contributed by atoms with van der Waals surface area (Å²) in [6, 6.07) is 0. The molecule has 8 heteroatoms. The largest absolute Gasteiger partial charge is 0.464 e. The molecule has 0 saturated carbocycles. The molecule has 1 aromatic rings. The van der Waals surface area contributed by atoms with Crippen molar-refractivity contribution in [3.63, 3.8) is 0 Å². The summed E-state index contributed by atoms with van der Waals surface area (Å²) in [4.78, 5) is 25.3. The second kappa shape index (κ2) is 6.97. The topological polar surface area (TPSA) is 86.5 Å². The molecule has 0 aliphatic carbocycles. The number of methoxy groups -OCH3 is 1. The molecule has 23 heavy (non-hydrogen) atoms. The van der Waals surface area contributed by atoms with Crippen LogP contribution in [0.1, 0.15) is 44.1 Å². The number of nitrogens with zero attached hydrogens (tertiary/aromatic N) is 4. The average Bonchev–Trinajstić information content (AvgIpc) is 2.93. The fraction of sp³-hybridized carbons (Fsp3) is 0.733. The number of carbonyl (C=O) groups is 2. The van der Waals surface area contributed by atoms with E-state index in [-0.39, 0.29) is 17.7 Å². The number of aromatic nitrogens is 3. The minimum Gasteiger partial charge on any atom is -0.464 e. The first kappa shape index (κ1) is 17.2. The molecule has 1 atom stereocenters. The van der Waals surface area contributed by atoms with Gasteiger partial charge >= 0.3 is 12.1 Å². The van der Waals surface area contributed by atoms with Crippen molar-refractivity contribution in [3.05, 3.63) is 11.9 Å². The number of piperidine rings is 1. The monoisotopic (exact) mass is 324 g/mol. The van der Waals surface area contributed by atoms with Gasteiger partial charge in [0.25, 0.3) is 0 Å². The molecule has 1 amide bonds. The van der Waals surface area contributed by atoms with E-state index in [0.29, 0.717) is 19.6 Å². The van der Waals surface area contributed by atoms with Gasteiger partial charge in [0.1, 0.15) is 5.60 Å². The molecule has 0 N–H and O–H groups in total. The number of esters is 1. The van der Waals surface area contributed by atoms with E-state index in [4.69, 9.17) is 4.74 Å². The predicted octanol–water partition coefficient (Wildman–Crippen LogP) is 1.71. The number of rotatable bonds is 3. The summed E-state index contributed by atoms with van der Waals surface area (Å²) in [7, 11) is 1.31. The zero-order valence-corrected chi connectivity index (χ0v) is 14.1. The summed E-state index contributed by atoms with van der Waals surface area (Å²) in [5.41, 5.74) is -0.307. The van der Waals surface area contributed by atoms with Crippen LogP contribution < -0.4 is 0 Å². The third-order valence-corrected chi connectivity index (χ3v) is 3.55. The van der Waals surface area contributed by atoms with Crippen molar-refractivity contribution in [2.75, 3.05) is 20.2 Å². The van der Waals surface area contributed by atoms with E-state index in [1.807, 2.05) is 20.8 Å². The highest BCUT2D eigenvalue weighted by Crippen LogP contribution is 2.20. The van der Waals surface area contributed by atoms with Crippen molar-refractivity contribution in [3.8, 4) is 0 Å². The highest BCUT2D eigenvalue weighted by Gasteiger charge is 2.28. The lowest BCUT2D eigenvalue weighted by atomic mass is 9.98. The molecule has 2 heterocycles. The molecule has 0 radical (unpaired) electrons. The summed E-state index contributed by atoms with van der Waals surface area (Å²) in [6.07, 6.45) is 3.20. The van der Waals surface area contributed by atoms with Crippen LogP contribution in [0, 0.1) is 5.92 Å². The van der Waals surface area contributed by atoms with E-state index >= 15 is 0 Å². The van der Waals surface area contributed by atoms with Gasteiger partial charge < -0.3 is 14.4 Å². The second-order valence-electron chi connectivity index (χ2n) is 6.75. The lowest BCUT2D eigenvalue weighted by Gasteiger charge is -2.34. The maximum Gasteiger partial charge on any atom is 0.410 e. The zero-order chi connectivity index (χ0) is 17.0. The molecule has 128 valence electrons. The van der Waals surface area contributed by atoms with E-state index in [2.05, 4.69) is 15.0 Å². The van der Waals surface area contributed by atoms with Gasteiger partial charge in [-0.05, 0) is 39.5 Å². The molecule has 1 aromatic heterocycles. The summed E-state index contributed by atoms with van der Waals surface area (Å²) >= 11 is 0. The number of likely N-dealkylation sites (tertiary alicyclic amines) is 1. The van der Waals surface area contributed by atoms with Crippen molar-refractivity contribution >= 4 is 12.1 Å². The van der Waals surface area contributed by atoms with Crippen LogP contribution in [0.15, 0.2) is 6.20 Å². The van der Waals surface area contributed by atoms with Crippen LogP contribution in [0.2, 0.25) is 0 Å². The van der Waals surface area contributed by atoms with Crippen LogP contribution in [0.4, 0.5) is 4.79 Å². The number of ether oxygens (including phenoxy) is 2. The minimum atomic E-state index is -0.504. The Labute approximate surface area is 135 Å². The molecule has 0 spiro atoms. The minimum absolute atomic E-state index is 0.187. The van der Waals surface area contributed by atoms with Crippen molar-refractivity contribution < 1.29 is 19.1 Å². The quantitative estimate of drug-likeness (QED) is 0.787. The van der Waals surface area contributed by atoms with Crippen LogP contribution in [-0.4, -0.2) is 57.8 Å². The van der Waals surface area contributed by atoms with Crippen molar-refractivity contribution in [1.82, 2.24) is 19.9 Å².